The quantitative estimate of drug-likeness (QED) is 0.303. The lowest BCUT2D eigenvalue weighted by Crippen LogP contribution is -2.41. The SMILES string of the molecule is COCCNc1ccc(C(=O)Nc2ccc(N3CCCC(C(N)=O)C3)nc2)cc1[N+](=O)[O-]. The van der Waals surface area contributed by atoms with E-state index in [1.54, 1.807) is 12.1 Å². The number of primary amides is 1. The zero-order valence-corrected chi connectivity index (χ0v) is 17.7. The summed E-state index contributed by atoms with van der Waals surface area (Å²) >= 11 is 0. The zero-order chi connectivity index (χ0) is 23.1. The zero-order valence-electron chi connectivity index (χ0n) is 17.7. The van der Waals surface area contributed by atoms with Crippen molar-refractivity contribution in [3.63, 3.8) is 0 Å². The van der Waals surface area contributed by atoms with Crippen molar-refractivity contribution >= 4 is 34.7 Å². The van der Waals surface area contributed by atoms with Gasteiger partial charge in [0, 0.05) is 38.4 Å². The van der Waals surface area contributed by atoms with E-state index < -0.39 is 10.8 Å². The lowest BCUT2D eigenvalue weighted by atomic mass is 9.97. The Morgan fingerprint density at radius 1 is 1.34 bits per heavy atom. The van der Waals surface area contributed by atoms with Crippen LogP contribution in [0.1, 0.15) is 23.2 Å². The first kappa shape index (κ1) is 22.9. The molecule has 0 radical (unpaired) electrons. The summed E-state index contributed by atoms with van der Waals surface area (Å²) in [6.45, 7) is 2.08. The summed E-state index contributed by atoms with van der Waals surface area (Å²) in [6.07, 6.45) is 3.13. The maximum absolute atomic E-state index is 12.6. The van der Waals surface area contributed by atoms with Crippen molar-refractivity contribution in [2.75, 3.05) is 48.9 Å². The van der Waals surface area contributed by atoms with Gasteiger partial charge in [-0.05, 0) is 37.1 Å². The average molecular weight is 442 g/mol. The Labute approximate surface area is 185 Å². The van der Waals surface area contributed by atoms with Gasteiger partial charge in [-0.25, -0.2) is 4.98 Å². The third-order valence-corrected chi connectivity index (χ3v) is 5.23. The molecule has 0 spiro atoms. The molecule has 170 valence electrons. The van der Waals surface area contributed by atoms with Crippen LogP contribution in [0.5, 0.6) is 0 Å². The molecule has 0 bridgehead atoms. The fraction of sp³-hybridized carbons (Fsp3) is 0.381. The van der Waals surface area contributed by atoms with E-state index in [1.165, 1.54) is 31.5 Å². The van der Waals surface area contributed by atoms with Crippen LogP contribution in [0, 0.1) is 16.0 Å². The topological polar surface area (TPSA) is 153 Å². The van der Waals surface area contributed by atoms with Gasteiger partial charge < -0.3 is 26.0 Å². The molecule has 1 unspecified atom stereocenters. The molecule has 1 aliphatic rings. The number of rotatable bonds is 9. The third kappa shape index (κ3) is 5.70. The van der Waals surface area contributed by atoms with E-state index in [4.69, 9.17) is 10.5 Å². The van der Waals surface area contributed by atoms with Crippen molar-refractivity contribution < 1.29 is 19.2 Å². The Hall–Kier alpha value is -3.73. The predicted molar refractivity (Wildman–Crippen MR) is 120 cm³/mol. The molecule has 0 saturated carbocycles. The van der Waals surface area contributed by atoms with Crippen molar-refractivity contribution in [1.82, 2.24) is 4.98 Å². The maximum atomic E-state index is 12.6. The van der Waals surface area contributed by atoms with Crippen LogP contribution >= 0.6 is 0 Å². The van der Waals surface area contributed by atoms with Crippen molar-refractivity contribution in [3.8, 4) is 0 Å². The molecule has 1 aromatic heterocycles. The number of pyridine rings is 1. The van der Waals surface area contributed by atoms with Crippen LogP contribution in [-0.4, -0.2) is 55.1 Å². The summed E-state index contributed by atoms with van der Waals surface area (Å²) in [5.74, 6) is -0.311. The number of nitrogens with two attached hydrogens (primary N) is 1. The number of amides is 2. The lowest BCUT2D eigenvalue weighted by Gasteiger charge is -2.32. The van der Waals surface area contributed by atoms with Gasteiger partial charge in [0.15, 0.2) is 0 Å². The highest BCUT2D eigenvalue weighted by atomic mass is 16.6. The molecular formula is C21H26N6O5. The Morgan fingerprint density at radius 3 is 2.81 bits per heavy atom. The number of methoxy groups -OCH3 is 1. The molecule has 11 nitrogen and oxygen atoms in total. The third-order valence-electron chi connectivity index (χ3n) is 5.23. The van der Waals surface area contributed by atoms with Crippen LogP contribution in [0.4, 0.5) is 22.9 Å². The van der Waals surface area contributed by atoms with Gasteiger partial charge in [-0.3, -0.25) is 19.7 Å². The van der Waals surface area contributed by atoms with Crippen LogP contribution in [0.2, 0.25) is 0 Å². The first-order valence-electron chi connectivity index (χ1n) is 10.2. The number of piperidine rings is 1. The molecule has 1 saturated heterocycles. The molecule has 2 heterocycles. The standard InChI is InChI=1S/C21H26N6O5/c1-32-10-8-23-17-6-4-14(11-18(17)27(30)31)21(29)25-16-5-7-19(24-12-16)26-9-2-3-15(13-26)20(22)28/h4-7,11-12,15,23H,2-3,8-10,13H2,1H3,(H2,22,28)(H,25,29). The lowest BCUT2D eigenvalue weighted by molar-refractivity contribution is -0.384. The van der Waals surface area contributed by atoms with Gasteiger partial charge in [-0.15, -0.1) is 0 Å². The smallest absolute Gasteiger partial charge is 0.293 e. The number of ether oxygens (including phenoxy) is 1. The number of nitro benzene ring substituents is 1. The molecule has 2 aromatic rings. The van der Waals surface area contributed by atoms with Gasteiger partial charge >= 0.3 is 0 Å². The van der Waals surface area contributed by atoms with E-state index in [9.17, 15) is 19.7 Å². The van der Waals surface area contributed by atoms with Gasteiger partial charge in [0.1, 0.15) is 11.5 Å². The molecule has 1 atom stereocenters. The highest BCUT2D eigenvalue weighted by Gasteiger charge is 2.24. The molecule has 1 fully saturated rings. The molecule has 32 heavy (non-hydrogen) atoms. The first-order chi connectivity index (χ1) is 15.4. The molecule has 0 aliphatic carbocycles. The van der Waals surface area contributed by atoms with Crippen molar-refractivity contribution in [1.29, 1.82) is 0 Å². The van der Waals surface area contributed by atoms with E-state index in [1.807, 2.05) is 4.90 Å². The molecule has 1 aromatic carbocycles. The number of carbonyl (C=O) groups excluding carboxylic acids is 2. The van der Waals surface area contributed by atoms with E-state index >= 15 is 0 Å². The summed E-state index contributed by atoms with van der Waals surface area (Å²) in [4.78, 5) is 41.3. The van der Waals surface area contributed by atoms with E-state index in [2.05, 4.69) is 15.6 Å². The summed E-state index contributed by atoms with van der Waals surface area (Å²) in [5.41, 5.74) is 6.14. The van der Waals surface area contributed by atoms with Crippen molar-refractivity contribution in [2.45, 2.75) is 12.8 Å². The van der Waals surface area contributed by atoms with Gasteiger partial charge in [-0.1, -0.05) is 0 Å². The average Bonchev–Trinajstić information content (AvgIpc) is 2.79. The number of hydrogen-bond acceptors (Lipinski definition) is 8. The molecule has 4 N–H and O–H groups in total. The summed E-state index contributed by atoms with van der Waals surface area (Å²) in [5, 5.41) is 17.0. The number of nitrogens with one attached hydrogen (secondary N) is 2. The first-order valence-corrected chi connectivity index (χ1v) is 10.2. The molecule has 3 rings (SSSR count). The van der Waals surface area contributed by atoms with Gasteiger partial charge in [0.2, 0.25) is 5.91 Å². The number of nitro groups is 1. The minimum Gasteiger partial charge on any atom is -0.383 e. The second kappa shape index (κ2) is 10.5. The summed E-state index contributed by atoms with van der Waals surface area (Å²) < 4.78 is 4.93. The fourth-order valence-electron chi connectivity index (χ4n) is 3.53. The minimum atomic E-state index is -0.541. The number of carbonyl (C=O) groups is 2. The van der Waals surface area contributed by atoms with Crippen molar-refractivity contribution in [3.05, 3.63) is 52.2 Å². The maximum Gasteiger partial charge on any atom is 0.293 e. The number of anilines is 3. The fourth-order valence-corrected chi connectivity index (χ4v) is 3.53. The van der Waals surface area contributed by atoms with Crippen LogP contribution < -0.4 is 21.3 Å². The Bertz CT molecular complexity index is 981. The van der Waals surface area contributed by atoms with Crippen LogP contribution in [0.3, 0.4) is 0 Å². The Kier molecular flexibility index (Phi) is 7.55. The monoisotopic (exact) mass is 442 g/mol. The normalized spacial score (nSPS) is 15.8. The Balaban J connectivity index is 1.67. The van der Waals surface area contributed by atoms with E-state index in [-0.39, 0.29) is 23.1 Å². The van der Waals surface area contributed by atoms with Crippen LogP contribution in [0.25, 0.3) is 0 Å². The number of aromatic nitrogens is 1. The second-order valence-electron chi connectivity index (χ2n) is 7.46. The number of benzene rings is 1. The summed E-state index contributed by atoms with van der Waals surface area (Å²) in [6, 6.07) is 7.68. The van der Waals surface area contributed by atoms with Gasteiger partial charge in [-0.2, -0.15) is 0 Å². The van der Waals surface area contributed by atoms with E-state index in [0.29, 0.717) is 36.9 Å². The van der Waals surface area contributed by atoms with Crippen molar-refractivity contribution in [2.24, 2.45) is 11.7 Å². The predicted octanol–water partition coefficient (Wildman–Crippen LogP) is 2.00. The highest BCUT2D eigenvalue weighted by molar-refractivity contribution is 6.05. The molecule has 2 amide bonds. The Morgan fingerprint density at radius 2 is 2.16 bits per heavy atom. The summed E-state index contributed by atoms with van der Waals surface area (Å²) in [7, 11) is 1.54. The van der Waals surface area contributed by atoms with Gasteiger partial charge in [0.25, 0.3) is 11.6 Å². The van der Waals surface area contributed by atoms with Crippen LogP contribution in [0.15, 0.2) is 36.5 Å². The highest BCUT2D eigenvalue weighted by Crippen LogP contribution is 2.26. The van der Waals surface area contributed by atoms with Gasteiger partial charge in [0.05, 0.1) is 29.3 Å². The second-order valence-corrected chi connectivity index (χ2v) is 7.46. The van der Waals surface area contributed by atoms with Crippen LogP contribution in [-0.2, 0) is 9.53 Å². The number of nitrogens with zero attached hydrogens (tertiary/aromatic N) is 3. The molecule has 1 aliphatic heterocycles. The number of hydrogen-bond donors (Lipinski definition) is 3. The molecule has 11 heteroatoms. The largest absolute Gasteiger partial charge is 0.383 e. The minimum absolute atomic E-state index is 0.151. The molecular weight excluding hydrogens is 416 g/mol. The van der Waals surface area contributed by atoms with E-state index in [0.717, 1.165) is 19.4 Å².